The topological polar surface area (TPSA) is 70.9 Å². The number of anilines is 1. The number of rotatable bonds is 8. The zero-order valence-corrected chi connectivity index (χ0v) is 20.1. The van der Waals surface area contributed by atoms with Gasteiger partial charge in [0.1, 0.15) is 5.82 Å². The van der Waals surface area contributed by atoms with E-state index in [1.54, 1.807) is 23.5 Å². The van der Waals surface area contributed by atoms with Crippen LogP contribution in [0.1, 0.15) is 13.3 Å². The zero-order chi connectivity index (χ0) is 23.8. The van der Waals surface area contributed by atoms with Crippen molar-refractivity contribution in [2.45, 2.75) is 19.9 Å². The van der Waals surface area contributed by atoms with Gasteiger partial charge < -0.3 is 24.8 Å². The highest BCUT2D eigenvalue weighted by Crippen LogP contribution is 2.25. The van der Waals surface area contributed by atoms with Gasteiger partial charge in [0.25, 0.3) is 0 Å². The number of nitrogens with zero attached hydrogens (tertiary/aromatic N) is 3. The molecule has 0 unspecified atom stereocenters. The predicted molar refractivity (Wildman–Crippen MR) is 134 cm³/mol. The summed E-state index contributed by atoms with van der Waals surface area (Å²) in [5.74, 6) is -0.282. The van der Waals surface area contributed by atoms with Gasteiger partial charge in [-0.05, 0) is 55.3 Å². The number of halogens is 1. The molecule has 0 radical (unpaired) electrons. The van der Waals surface area contributed by atoms with Gasteiger partial charge in [-0.2, -0.15) is 0 Å². The number of morpholine rings is 1. The van der Waals surface area contributed by atoms with Gasteiger partial charge in [-0.3, -0.25) is 0 Å². The van der Waals surface area contributed by atoms with E-state index in [0.717, 1.165) is 48.8 Å². The van der Waals surface area contributed by atoms with Crippen LogP contribution in [-0.2, 0) is 11.3 Å². The molecule has 2 aromatic carbocycles. The number of aromatic nitrogens is 1. The van der Waals surface area contributed by atoms with E-state index in [1.165, 1.54) is 17.8 Å². The lowest BCUT2D eigenvalue weighted by Crippen LogP contribution is -2.36. The number of benzene rings is 2. The van der Waals surface area contributed by atoms with Gasteiger partial charge in [-0.1, -0.05) is 12.1 Å². The van der Waals surface area contributed by atoms with Gasteiger partial charge in [0.05, 0.1) is 24.6 Å². The molecule has 1 saturated heterocycles. The van der Waals surface area contributed by atoms with Crippen LogP contribution in [0.5, 0.6) is 0 Å². The third kappa shape index (κ3) is 6.24. The number of urea groups is 1. The van der Waals surface area contributed by atoms with Crippen LogP contribution >= 0.6 is 11.3 Å². The first-order valence-electron chi connectivity index (χ1n) is 11.6. The molecular formula is C25H30FN5O2S. The summed E-state index contributed by atoms with van der Waals surface area (Å²) in [6.45, 7) is 7.04. The summed E-state index contributed by atoms with van der Waals surface area (Å²) in [7, 11) is 0. The molecule has 0 bridgehead atoms. The van der Waals surface area contributed by atoms with Crippen molar-refractivity contribution in [1.29, 1.82) is 0 Å². The Balaban J connectivity index is 1.57. The maximum Gasteiger partial charge on any atom is 0.314 e. The number of carbonyl (C=O) groups excluding carboxylic acids is 1. The Morgan fingerprint density at radius 3 is 2.53 bits per heavy atom. The third-order valence-corrected chi connectivity index (χ3v) is 6.43. The second kappa shape index (κ2) is 11.8. The van der Waals surface area contributed by atoms with Crippen molar-refractivity contribution in [1.82, 2.24) is 15.2 Å². The summed E-state index contributed by atoms with van der Waals surface area (Å²) in [6, 6.07) is 14.6. The Bertz CT molecular complexity index is 1140. The van der Waals surface area contributed by atoms with E-state index in [1.807, 2.05) is 6.92 Å². The van der Waals surface area contributed by atoms with Crippen molar-refractivity contribution in [3.63, 3.8) is 0 Å². The Kier molecular flexibility index (Phi) is 8.32. The minimum Gasteiger partial charge on any atom is -0.378 e. The fourth-order valence-corrected chi connectivity index (χ4v) is 4.77. The number of nitrogens with one attached hydrogen (secondary N) is 2. The van der Waals surface area contributed by atoms with Crippen molar-refractivity contribution in [3.8, 4) is 11.3 Å². The first-order chi connectivity index (χ1) is 16.6. The lowest BCUT2D eigenvalue weighted by molar-refractivity contribution is 0.122. The van der Waals surface area contributed by atoms with Crippen LogP contribution in [0.25, 0.3) is 11.3 Å². The Morgan fingerprint density at radius 1 is 1.09 bits per heavy atom. The first-order valence-corrected chi connectivity index (χ1v) is 12.5. The van der Waals surface area contributed by atoms with E-state index in [-0.39, 0.29) is 11.8 Å². The number of amides is 2. The predicted octanol–water partition coefficient (Wildman–Crippen LogP) is 4.13. The molecule has 9 heteroatoms. The molecule has 1 aromatic heterocycles. The average molecular weight is 484 g/mol. The van der Waals surface area contributed by atoms with Crippen LogP contribution < -0.4 is 20.3 Å². The largest absolute Gasteiger partial charge is 0.378 e. The molecule has 1 aliphatic rings. The molecule has 0 aliphatic carbocycles. The minimum absolute atomic E-state index is 0.159. The first kappa shape index (κ1) is 24.0. The quantitative estimate of drug-likeness (QED) is 0.473. The SMILES string of the molecule is CCNC(=O)NCCCn1c(-c2ccc(N3CCOCC3)cc2)cs/c1=N\c1ccc(F)cc1. The van der Waals surface area contributed by atoms with E-state index in [2.05, 4.69) is 49.7 Å². The van der Waals surface area contributed by atoms with Crippen LogP contribution in [0.3, 0.4) is 0 Å². The van der Waals surface area contributed by atoms with Crippen molar-refractivity contribution in [3.05, 3.63) is 64.5 Å². The molecule has 0 spiro atoms. The molecule has 2 amide bonds. The Morgan fingerprint density at radius 2 is 1.82 bits per heavy atom. The fraction of sp³-hybridized carbons (Fsp3) is 0.360. The van der Waals surface area contributed by atoms with E-state index >= 15 is 0 Å². The van der Waals surface area contributed by atoms with Crippen LogP contribution in [0.2, 0.25) is 0 Å². The van der Waals surface area contributed by atoms with Gasteiger partial charge in [-0.15, -0.1) is 11.3 Å². The molecule has 0 atom stereocenters. The standard InChI is InChI=1S/C25H30FN5O2S/c1-2-27-24(32)28-12-3-13-31-23(18-34-25(31)29-21-8-6-20(26)7-9-21)19-4-10-22(11-5-19)30-14-16-33-17-15-30/h4-11,18H,2-3,12-17H2,1H3,(H2,27,28,32)/b29-25-. The van der Waals surface area contributed by atoms with E-state index in [0.29, 0.717) is 25.3 Å². The normalized spacial score (nSPS) is 14.3. The van der Waals surface area contributed by atoms with Gasteiger partial charge >= 0.3 is 6.03 Å². The van der Waals surface area contributed by atoms with Crippen molar-refractivity contribution in [2.24, 2.45) is 4.99 Å². The van der Waals surface area contributed by atoms with Crippen LogP contribution in [0, 0.1) is 5.82 Å². The highest BCUT2D eigenvalue weighted by Gasteiger charge is 2.13. The average Bonchev–Trinajstić information content (AvgIpc) is 3.26. The number of hydrogen-bond acceptors (Lipinski definition) is 5. The molecule has 180 valence electrons. The number of carbonyl (C=O) groups is 1. The molecule has 0 saturated carbocycles. The van der Waals surface area contributed by atoms with Gasteiger partial charge in [-0.25, -0.2) is 14.2 Å². The van der Waals surface area contributed by atoms with Crippen molar-refractivity contribution in [2.75, 3.05) is 44.3 Å². The number of ether oxygens (including phenoxy) is 1. The molecule has 7 nitrogen and oxygen atoms in total. The number of thiazole rings is 1. The van der Waals surface area contributed by atoms with Crippen LogP contribution in [-0.4, -0.2) is 50.0 Å². The summed E-state index contributed by atoms with van der Waals surface area (Å²) in [4.78, 5) is 19.6. The summed E-state index contributed by atoms with van der Waals surface area (Å²) >= 11 is 1.55. The lowest BCUT2D eigenvalue weighted by Gasteiger charge is -2.28. The second-order valence-corrected chi connectivity index (χ2v) is 8.77. The summed E-state index contributed by atoms with van der Waals surface area (Å²) in [5, 5.41) is 7.72. The van der Waals surface area contributed by atoms with Crippen molar-refractivity contribution < 1.29 is 13.9 Å². The fourth-order valence-electron chi connectivity index (χ4n) is 3.82. The molecule has 1 fully saturated rings. The molecule has 1 aliphatic heterocycles. The molecule has 3 aromatic rings. The van der Waals surface area contributed by atoms with Gasteiger partial charge in [0, 0.05) is 43.8 Å². The maximum absolute atomic E-state index is 13.3. The summed E-state index contributed by atoms with van der Waals surface area (Å²) in [5.41, 5.74) is 4.06. The highest BCUT2D eigenvalue weighted by atomic mass is 32.1. The highest BCUT2D eigenvalue weighted by molar-refractivity contribution is 7.07. The molecular weight excluding hydrogens is 453 g/mol. The van der Waals surface area contributed by atoms with E-state index in [9.17, 15) is 9.18 Å². The zero-order valence-electron chi connectivity index (χ0n) is 19.3. The lowest BCUT2D eigenvalue weighted by atomic mass is 10.1. The molecule has 2 heterocycles. The third-order valence-electron chi connectivity index (χ3n) is 5.57. The van der Waals surface area contributed by atoms with E-state index < -0.39 is 0 Å². The molecule has 34 heavy (non-hydrogen) atoms. The second-order valence-electron chi connectivity index (χ2n) is 7.93. The smallest absolute Gasteiger partial charge is 0.314 e. The maximum atomic E-state index is 13.3. The molecule has 2 N–H and O–H groups in total. The van der Waals surface area contributed by atoms with Gasteiger partial charge in [0.15, 0.2) is 4.80 Å². The monoisotopic (exact) mass is 483 g/mol. The summed E-state index contributed by atoms with van der Waals surface area (Å²) in [6.07, 6.45) is 0.753. The van der Waals surface area contributed by atoms with Crippen LogP contribution in [0.15, 0.2) is 58.9 Å². The Hall–Kier alpha value is -3.17. The number of hydrogen-bond donors (Lipinski definition) is 2. The minimum atomic E-state index is -0.282. The van der Waals surface area contributed by atoms with E-state index in [4.69, 9.17) is 9.73 Å². The van der Waals surface area contributed by atoms with Gasteiger partial charge in [0.2, 0.25) is 0 Å². The van der Waals surface area contributed by atoms with Crippen LogP contribution in [0.4, 0.5) is 20.6 Å². The Labute approximate surface area is 202 Å². The summed E-state index contributed by atoms with van der Waals surface area (Å²) < 4.78 is 21.0. The molecule has 4 rings (SSSR count). The van der Waals surface area contributed by atoms with Crippen molar-refractivity contribution >= 4 is 28.7 Å².